The van der Waals surface area contributed by atoms with Gasteiger partial charge in [-0.2, -0.15) is 0 Å². The van der Waals surface area contributed by atoms with Crippen molar-refractivity contribution in [2.45, 2.75) is 19.6 Å². The SMILES string of the molecule is COc1ccc2c(Oc3ccc(NC(=O)c4c(C)n(C[C@H](O)CN5CCOCC5)n(-c5ccccc5)c4=O)cc3F)ccnc2c1. The lowest BCUT2D eigenvalue weighted by Crippen LogP contribution is -2.42. The molecule has 0 bridgehead atoms. The molecule has 3 aromatic carbocycles. The number of para-hydroxylation sites is 1. The standard InChI is InChI=1S/C34H34FN5O6/c1-22-32(34(43)40(24-6-4-3-5-7-24)39(22)21-25(41)20-38-14-16-45-17-15-38)33(42)37-23-8-11-31(28(35)18-23)46-30-12-13-36-29-19-26(44-2)9-10-27(29)30/h3-13,18-19,25,41H,14-17,20-21H2,1-2H3,(H,37,42)/t25-/m1/s1. The second kappa shape index (κ2) is 13.5. The molecule has 1 amide bonds. The van der Waals surface area contributed by atoms with E-state index in [-0.39, 0.29) is 23.5 Å². The Morgan fingerprint density at radius 2 is 1.83 bits per heavy atom. The average molecular weight is 628 g/mol. The zero-order chi connectivity index (χ0) is 32.2. The Morgan fingerprint density at radius 3 is 2.57 bits per heavy atom. The molecule has 5 aromatic rings. The molecule has 46 heavy (non-hydrogen) atoms. The summed E-state index contributed by atoms with van der Waals surface area (Å²) in [6.45, 7) is 4.73. The quantitative estimate of drug-likeness (QED) is 0.234. The predicted octanol–water partition coefficient (Wildman–Crippen LogP) is 4.38. The van der Waals surface area contributed by atoms with Crippen LogP contribution in [0.1, 0.15) is 16.1 Å². The highest BCUT2D eigenvalue weighted by Gasteiger charge is 2.26. The van der Waals surface area contributed by atoms with Gasteiger partial charge in [-0.05, 0) is 49.4 Å². The maximum Gasteiger partial charge on any atom is 0.284 e. The van der Waals surface area contributed by atoms with Crippen LogP contribution >= 0.6 is 0 Å². The van der Waals surface area contributed by atoms with Crippen molar-refractivity contribution in [3.63, 3.8) is 0 Å². The second-order valence-corrected chi connectivity index (χ2v) is 11.0. The summed E-state index contributed by atoms with van der Waals surface area (Å²) in [6, 6.07) is 19.9. The molecule has 1 aliphatic rings. The number of β-amino-alcohol motifs (C(OH)–C–C–N with tert-alkyl or cyclic N) is 1. The number of aliphatic hydroxyl groups excluding tert-OH is 1. The van der Waals surface area contributed by atoms with Gasteiger partial charge >= 0.3 is 0 Å². The molecule has 1 saturated heterocycles. The largest absolute Gasteiger partial charge is 0.497 e. The van der Waals surface area contributed by atoms with E-state index in [9.17, 15) is 14.7 Å². The van der Waals surface area contributed by atoms with Crippen molar-refractivity contribution in [3.8, 4) is 22.9 Å². The molecule has 2 N–H and O–H groups in total. The number of aromatic nitrogens is 3. The minimum absolute atomic E-state index is 0.0515. The molecule has 1 fully saturated rings. The Labute approximate surface area is 264 Å². The molecule has 1 aliphatic heterocycles. The van der Waals surface area contributed by atoms with E-state index in [0.717, 1.165) is 6.07 Å². The number of halogens is 1. The molecule has 3 heterocycles. The minimum Gasteiger partial charge on any atom is -0.497 e. The smallest absolute Gasteiger partial charge is 0.284 e. The number of anilines is 1. The van der Waals surface area contributed by atoms with Gasteiger partial charge in [0.1, 0.15) is 17.1 Å². The molecular weight excluding hydrogens is 593 g/mol. The third kappa shape index (κ3) is 6.50. The first-order valence-corrected chi connectivity index (χ1v) is 14.9. The second-order valence-electron chi connectivity index (χ2n) is 11.0. The molecule has 0 aliphatic carbocycles. The highest BCUT2D eigenvalue weighted by Crippen LogP contribution is 2.33. The fourth-order valence-electron chi connectivity index (χ4n) is 5.59. The fraction of sp³-hybridized carbons (Fsp3) is 0.265. The van der Waals surface area contributed by atoms with Gasteiger partial charge in [0, 0.05) is 49.0 Å². The molecule has 0 spiro atoms. The summed E-state index contributed by atoms with van der Waals surface area (Å²) in [5, 5.41) is 14.3. The summed E-state index contributed by atoms with van der Waals surface area (Å²) < 4.78 is 34.8. The average Bonchev–Trinajstić information content (AvgIpc) is 3.31. The van der Waals surface area contributed by atoms with Gasteiger partial charge in [0.25, 0.3) is 11.5 Å². The van der Waals surface area contributed by atoms with Crippen LogP contribution in [-0.4, -0.2) is 76.3 Å². The van der Waals surface area contributed by atoms with Gasteiger partial charge in [0.15, 0.2) is 11.6 Å². The summed E-state index contributed by atoms with van der Waals surface area (Å²) in [4.78, 5) is 33.7. The van der Waals surface area contributed by atoms with Crippen molar-refractivity contribution >= 4 is 22.5 Å². The lowest BCUT2D eigenvalue weighted by Gasteiger charge is -2.29. The molecule has 1 atom stereocenters. The van der Waals surface area contributed by atoms with Crippen LogP contribution < -0.4 is 20.3 Å². The van der Waals surface area contributed by atoms with E-state index in [0.29, 0.717) is 66.6 Å². The van der Waals surface area contributed by atoms with Gasteiger partial charge in [-0.3, -0.25) is 24.2 Å². The van der Waals surface area contributed by atoms with Crippen LogP contribution in [0.15, 0.2) is 83.8 Å². The zero-order valence-electron chi connectivity index (χ0n) is 25.5. The highest BCUT2D eigenvalue weighted by molar-refractivity contribution is 6.05. The number of morpholine rings is 1. The number of amides is 1. The van der Waals surface area contributed by atoms with Gasteiger partial charge in [-0.25, -0.2) is 9.07 Å². The third-order valence-corrected chi connectivity index (χ3v) is 7.90. The van der Waals surface area contributed by atoms with Crippen molar-refractivity contribution in [2.24, 2.45) is 0 Å². The number of carbonyl (C=O) groups excluding carboxylic acids is 1. The number of carbonyl (C=O) groups is 1. The lowest BCUT2D eigenvalue weighted by atomic mass is 10.2. The van der Waals surface area contributed by atoms with E-state index >= 15 is 4.39 Å². The third-order valence-electron chi connectivity index (χ3n) is 7.90. The molecule has 0 saturated carbocycles. The molecule has 2 aromatic heterocycles. The highest BCUT2D eigenvalue weighted by atomic mass is 19.1. The number of aliphatic hydroxyl groups is 1. The van der Waals surface area contributed by atoms with Gasteiger partial charge < -0.3 is 24.6 Å². The summed E-state index contributed by atoms with van der Waals surface area (Å²) >= 11 is 0. The van der Waals surface area contributed by atoms with Crippen LogP contribution in [-0.2, 0) is 11.3 Å². The summed E-state index contributed by atoms with van der Waals surface area (Å²) in [7, 11) is 1.56. The van der Waals surface area contributed by atoms with Crippen molar-refractivity contribution in [3.05, 3.63) is 106 Å². The summed E-state index contributed by atoms with van der Waals surface area (Å²) in [5.41, 5.74) is 1.02. The Bertz CT molecular complexity index is 1920. The van der Waals surface area contributed by atoms with E-state index in [1.54, 1.807) is 73.4 Å². The Hall–Kier alpha value is -5.04. The first-order chi connectivity index (χ1) is 22.3. The molecule has 0 radical (unpaired) electrons. The number of pyridine rings is 1. The summed E-state index contributed by atoms with van der Waals surface area (Å²) in [6.07, 6.45) is 0.748. The van der Waals surface area contributed by atoms with Gasteiger partial charge in [-0.1, -0.05) is 18.2 Å². The number of hydrogen-bond donors (Lipinski definition) is 2. The van der Waals surface area contributed by atoms with Crippen LogP contribution in [0.4, 0.5) is 10.1 Å². The zero-order valence-corrected chi connectivity index (χ0v) is 25.5. The number of nitrogens with one attached hydrogen (secondary N) is 1. The van der Waals surface area contributed by atoms with Crippen LogP contribution in [0.25, 0.3) is 16.6 Å². The normalized spacial score (nSPS) is 14.3. The monoisotopic (exact) mass is 627 g/mol. The van der Waals surface area contributed by atoms with Crippen molar-refractivity contribution < 1.29 is 28.5 Å². The lowest BCUT2D eigenvalue weighted by molar-refractivity contribution is 0.0103. The number of benzene rings is 3. The maximum atomic E-state index is 15.3. The molecule has 238 valence electrons. The number of nitrogens with zero attached hydrogens (tertiary/aromatic N) is 4. The number of hydrogen-bond acceptors (Lipinski definition) is 8. The first-order valence-electron chi connectivity index (χ1n) is 14.9. The topological polar surface area (TPSA) is 120 Å². The van der Waals surface area contributed by atoms with E-state index < -0.39 is 23.4 Å². The maximum absolute atomic E-state index is 15.3. The van der Waals surface area contributed by atoms with Crippen LogP contribution in [0, 0.1) is 12.7 Å². The minimum atomic E-state index is -0.810. The van der Waals surface area contributed by atoms with Crippen LogP contribution in [0.3, 0.4) is 0 Å². The molecule has 11 nitrogen and oxygen atoms in total. The molecule has 12 heteroatoms. The van der Waals surface area contributed by atoms with Crippen LogP contribution in [0.2, 0.25) is 0 Å². The number of methoxy groups -OCH3 is 1. The van der Waals surface area contributed by atoms with Crippen molar-refractivity contribution in [1.29, 1.82) is 0 Å². The van der Waals surface area contributed by atoms with E-state index in [1.165, 1.54) is 16.8 Å². The Balaban J connectivity index is 1.24. The summed E-state index contributed by atoms with van der Waals surface area (Å²) in [5.74, 6) is -0.426. The van der Waals surface area contributed by atoms with Crippen molar-refractivity contribution in [2.75, 3.05) is 45.3 Å². The van der Waals surface area contributed by atoms with Crippen LogP contribution in [0.5, 0.6) is 17.2 Å². The first kappa shape index (κ1) is 31.0. The van der Waals surface area contributed by atoms with Gasteiger partial charge in [0.2, 0.25) is 0 Å². The number of fused-ring (bicyclic) bond motifs is 1. The molecular formula is C34H34FN5O6. The molecule has 0 unspecified atom stereocenters. The predicted molar refractivity (Wildman–Crippen MR) is 171 cm³/mol. The van der Waals surface area contributed by atoms with Gasteiger partial charge in [0.05, 0.1) is 49.9 Å². The van der Waals surface area contributed by atoms with Gasteiger partial charge in [-0.15, -0.1) is 0 Å². The van der Waals surface area contributed by atoms with Crippen molar-refractivity contribution in [1.82, 2.24) is 19.2 Å². The van der Waals surface area contributed by atoms with E-state index in [2.05, 4.69) is 15.2 Å². The Kier molecular flexibility index (Phi) is 9.11. The fourth-order valence-corrected chi connectivity index (χ4v) is 5.59. The van der Waals surface area contributed by atoms with E-state index in [4.69, 9.17) is 14.2 Å². The molecule has 6 rings (SSSR count). The Morgan fingerprint density at radius 1 is 1.04 bits per heavy atom. The van der Waals surface area contributed by atoms with E-state index in [1.807, 2.05) is 6.07 Å². The number of ether oxygens (including phenoxy) is 3. The number of rotatable bonds is 10.